The lowest BCUT2D eigenvalue weighted by Crippen LogP contribution is -2.40. The van der Waals surface area contributed by atoms with Gasteiger partial charge in [0, 0.05) is 24.6 Å². The van der Waals surface area contributed by atoms with E-state index in [4.69, 9.17) is 9.47 Å². The molecule has 1 amide bonds. The Morgan fingerprint density at radius 2 is 2.13 bits per heavy atom. The molecule has 2 N–H and O–H groups in total. The Balaban J connectivity index is 1.73. The van der Waals surface area contributed by atoms with E-state index in [2.05, 4.69) is 15.3 Å². The van der Waals surface area contributed by atoms with Crippen molar-refractivity contribution in [2.75, 3.05) is 19.6 Å². The van der Waals surface area contributed by atoms with E-state index in [-0.39, 0.29) is 16.9 Å². The van der Waals surface area contributed by atoms with Crippen LogP contribution in [0, 0.1) is 11.2 Å². The molecule has 31 heavy (non-hydrogen) atoms. The SMILES string of the molecule is CC(C)(C)OC(=O)N1CCC2(CCNC2)C1c1ncncc1Oc1ccc(F)cc1O. The molecule has 2 aromatic rings. The molecule has 2 atom stereocenters. The first kappa shape index (κ1) is 21.3. The average molecular weight is 430 g/mol. The van der Waals surface area contributed by atoms with Gasteiger partial charge >= 0.3 is 6.09 Å². The Labute approximate surface area is 180 Å². The first-order chi connectivity index (χ1) is 14.7. The van der Waals surface area contributed by atoms with Gasteiger partial charge in [-0.05, 0) is 52.3 Å². The van der Waals surface area contributed by atoms with Crippen molar-refractivity contribution in [2.24, 2.45) is 5.41 Å². The average Bonchev–Trinajstić information content (AvgIpc) is 3.31. The summed E-state index contributed by atoms with van der Waals surface area (Å²) in [6, 6.07) is 3.12. The quantitative estimate of drug-likeness (QED) is 0.765. The molecule has 3 heterocycles. The molecule has 1 aromatic carbocycles. The lowest BCUT2D eigenvalue weighted by atomic mass is 9.78. The van der Waals surface area contributed by atoms with Gasteiger partial charge in [0.2, 0.25) is 0 Å². The summed E-state index contributed by atoms with van der Waals surface area (Å²) >= 11 is 0. The van der Waals surface area contributed by atoms with Gasteiger partial charge in [-0.25, -0.2) is 19.2 Å². The number of nitrogens with zero attached hydrogens (tertiary/aromatic N) is 3. The highest BCUT2D eigenvalue weighted by Gasteiger charge is 2.53. The predicted molar refractivity (Wildman–Crippen MR) is 110 cm³/mol. The van der Waals surface area contributed by atoms with Gasteiger partial charge in [0.1, 0.15) is 23.4 Å². The summed E-state index contributed by atoms with van der Waals surface area (Å²) in [6.07, 6.45) is 4.17. The first-order valence-electron chi connectivity index (χ1n) is 10.4. The molecule has 0 bridgehead atoms. The van der Waals surface area contributed by atoms with E-state index in [9.17, 15) is 14.3 Å². The number of amides is 1. The zero-order valence-electron chi connectivity index (χ0n) is 17.9. The lowest BCUT2D eigenvalue weighted by molar-refractivity contribution is 0.0160. The Morgan fingerprint density at radius 1 is 1.32 bits per heavy atom. The highest BCUT2D eigenvalue weighted by Crippen LogP contribution is 2.52. The third-order valence-corrected chi connectivity index (χ3v) is 5.75. The number of phenols is 1. The molecule has 4 rings (SSSR count). The van der Waals surface area contributed by atoms with Gasteiger partial charge in [-0.15, -0.1) is 0 Å². The Morgan fingerprint density at radius 3 is 2.81 bits per heavy atom. The van der Waals surface area contributed by atoms with E-state index < -0.39 is 23.6 Å². The topological polar surface area (TPSA) is 96.8 Å². The number of hydrogen-bond donors (Lipinski definition) is 2. The second-order valence-electron chi connectivity index (χ2n) is 9.10. The minimum absolute atomic E-state index is 0.0814. The van der Waals surface area contributed by atoms with Crippen LogP contribution in [0.3, 0.4) is 0 Å². The third kappa shape index (κ3) is 4.27. The molecule has 2 aliphatic heterocycles. The number of aromatic hydroxyl groups is 1. The molecule has 166 valence electrons. The highest BCUT2D eigenvalue weighted by atomic mass is 19.1. The Bertz CT molecular complexity index is 972. The number of carbonyl (C=O) groups excluding carboxylic acids is 1. The number of aromatic nitrogens is 2. The molecule has 2 fully saturated rings. The molecule has 2 saturated heterocycles. The van der Waals surface area contributed by atoms with Gasteiger partial charge < -0.3 is 19.9 Å². The number of ether oxygens (including phenoxy) is 2. The molecular weight excluding hydrogens is 403 g/mol. The summed E-state index contributed by atoms with van der Waals surface area (Å²) in [5.74, 6) is -0.520. The number of carbonyl (C=O) groups is 1. The van der Waals surface area contributed by atoms with E-state index in [1.807, 2.05) is 20.8 Å². The van der Waals surface area contributed by atoms with E-state index in [1.54, 1.807) is 4.90 Å². The number of phenolic OH excluding ortho intramolecular Hbond substituents is 1. The van der Waals surface area contributed by atoms with Crippen LogP contribution >= 0.6 is 0 Å². The molecule has 9 heteroatoms. The highest BCUT2D eigenvalue weighted by molar-refractivity contribution is 5.70. The fourth-order valence-electron chi connectivity index (χ4n) is 4.41. The third-order valence-electron chi connectivity index (χ3n) is 5.75. The second kappa shape index (κ2) is 7.96. The van der Waals surface area contributed by atoms with Crippen LogP contribution in [0.2, 0.25) is 0 Å². The van der Waals surface area contributed by atoms with Gasteiger partial charge in [0.25, 0.3) is 0 Å². The zero-order valence-corrected chi connectivity index (χ0v) is 17.9. The van der Waals surface area contributed by atoms with E-state index in [0.29, 0.717) is 18.0 Å². The number of benzene rings is 1. The molecule has 2 aliphatic rings. The maximum atomic E-state index is 13.4. The van der Waals surface area contributed by atoms with Crippen molar-refractivity contribution >= 4 is 6.09 Å². The van der Waals surface area contributed by atoms with Crippen LogP contribution in [-0.2, 0) is 4.74 Å². The van der Waals surface area contributed by atoms with Gasteiger partial charge in [0.15, 0.2) is 17.2 Å². The summed E-state index contributed by atoms with van der Waals surface area (Å²) < 4.78 is 24.9. The molecule has 0 aliphatic carbocycles. The molecule has 0 saturated carbocycles. The fraction of sp³-hybridized carbons (Fsp3) is 0.500. The van der Waals surface area contributed by atoms with Crippen molar-refractivity contribution in [3.8, 4) is 17.2 Å². The number of hydrogen-bond acceptors (Lipinski definition) is 7. The standard InChI is InChI=1S/C22H27FN4O4/c1-21(2,3)31-20(29)27-9-7-22(6-8-24-12-22)19(27)18-17(11-25-13-26-18)30-16-5-4-14(23)10-15(16)28/h4-5,10-11,13,19,24,28H,6-9,12H2,1-3H3. The van der Waals surface area contributed by atoms with Crippen molar-refractivity contribution < 1.29 is 23.8 Å². The van der Waals surface area contributed by atoms with Gasteiger partial charge in [-0.1, -0.05) is 0 Å². The minimum Gasteiger partial charge on any atom is -0.504 e. The maximum absolute atomic E-state index is 13.4. The van der Waals surface area contributed by atoms with Crippen LogP contribution in [0.5, 0.6) is 17.2 Å². The van der Waals surface area contributed by atoms with Crippen molar-refractivity contribution in [1.82, 2.24) is 20.2 Å². The smallest absolute Gasteiger partial charge is 0.410 e. The van der Waals surface area contributed by atoms with Gasteiger partial charge in [0.05, 0.1) is 12.2 Å². The normalized spacial score (nSPS) is 23.4. The number of halogens is 1. The largest absolute Gasteiger partial charge is 0.504 e. The van der Waals surface area contributed by atoms with Crippen molar-refractivity contribution in [2.45, 2.75) is 45.3 Å². The fourth-order valence-corrected chi connectivity index (χ4v) is 4.41. The van der Waals surface area contributed by atoms with E-state index in [0.717, 1.165) is 32.0 Å². The molecule has 8 nitrogen and oxygen atoms in total. The second-order valence-corrected chi connectivity index (χ2v) is 9.10. The van der Waals surface area contributed by atoms with Crippen molar-refractivity contribution in [3.63, 3.8) is 0 Å². The Hall–Kier alpha value is -2.94. The summed E-state index contributed by atoms with van der Waals surface area (Å²) in [4.78, 5) is 23.3. The number of likely N-dealkylation sites (tertiary alicyclic amines) is 1. The van der Waals surface area contributed by atoms with Crippen molar-refractivity contribution in [1.29, 1.82) is 0 Å². The van der Waals surface area contributed by atoms with Crippen LogP contribution in [-0.4, -0.2) is 51.3 Å². The number of rotatable bonds is 3. The molecule has 0 radical (unpaired) electrons. The summed E-state index contributed by atoms with van der Waals surface area (Å²) in [6.45, 7) is 7.62. The molecule has 1 aromatic heterocycles. The van der Waals surface area contributed by atoms with Crippen LogP contribution in [0.4, 0.5) is 9.18 Å². The van der Waals surface area contributed by atoms with E-state index >= 15 is 0 Å². The van der Waals surface area contributed by atoms with Crippen LogP contribution in [0.15, 0.2) is 30.7 Å². The van der Waals surface area contributed by atoms with Crippen molar-refractivity contribution in [3.05, 3.63) is 42.2 Å². The molecule has 1 spiro atoms. The Kier molecular flexibility index (Phi) is 5.47. The minimum atomic E-state index is -0.629. The maximum Gasteiger partial charge on any atom is 0.410 e. The van der Waals surface area contributed by atoms with E-state index in [1.165, 1.54) is 24.7 Å². The summed E-state index contributed by atoms with van der Waals surface area (Å²) in [5.41, 5.74) is -0.310. The predicted octanol–water partition coefficient (Wildman–Crippen LogP) is 3.78. The van der Waals surface area contributed by atoms with Crippen LogP contribution in [0.1, 0.15) is 45.3 Å². The first-order valence-corrected chi connectivity index (χ1v) is 10.4. The summed E-state index contributed by atoms with van der Waals surface area (Å²) in [5, 5.41) is 13.5. The van der Waals surface area contributed by atoms with Gasteiger partial charge in [-0.3, -0.25) is 4.90 Å². The zero-order chi connectivity index (χ0) is 22.2. The monoisotopic (exact) mass is 430 g/mol. The van der Waals surface area contributed by atoms with Gasteiger partial charge in [-0.2, -0.15) is 0 Å². The van der Waals surface area contributed by atoms with Crippen LogP contribution in [0.25, 0.3) is 0 Å². The number of nitrogens with one attached hydrogen (secondary N) is 1. The lowest BCUT2D eigenvalue weighted by Gasteiger charge is -2.35. The summed E-state index contributed by atoms with van der Waals surface area (Å²) in [7, 11) is 0. The molecule has 2 unspecified atom stereocenters. The van der Waals surface area contributed by atoms with Crippen LogP contribution < -0.4 is 10.1 Å². The molecular formula is C22H27FN4O4.